The molecule has 146 heavy (non-hydrogen) atoms. The number of anilines is 12. The number of aliphatic hydroxyl groups excluding tert-OH is 1. The van der Waals surface area contributed by atoms with E-state index in [0.717, 1.165) is 67.6 Å². The maximum absolute atomic E-state index is 14.4. The fraction of sp³-hybridized carbons (Fsp3) is 0.240. The fourth-order valence-corrected chi connectivity index (χ4v) is 15.4. The van der Waals surface area contributed by atoms with E-state index in [4.69, 9.17) is 98.3 Å². The Bertz CT molecular complexity index is 8710. The number of H-pyrrole nitrogens is 4. The molecule has 4 fully saturated rings. The van der Waals surface area contributed by atoms with Gasteiger partial charge in [-0.05, 0) is 161 Å². The van der Waals surface area contributed by atoms with E-state index in [0.29, 0.717) is 189 Å². The number of ether oxygens (including phenoxy) is 3. The van der Waals surface area contributed by atoms with Crippen LogP contribution in [0.15, 0.2) is 141 Å². The summed E-state index contributed by atoms with van der Waals surface area (Å²) in [5.41, 5.74) is 21.5. The lowest BCUT2D eigenvalue weighted by Crippen LogP contribution is -2.39. The average molecular weight is 2060 g/mol. The highest BCUT2D eigenvalue weighted by Gasteiger charge is 2.30. The van der Waals surface area contributed by atoms with Gasteiger partial charge in [0.2, 0.25) is 0 Å². The zero-order valence-electron chi connectivity index (χ0n) is 78.0. The number of rotatable bonds is 31. The summed E-state index contributed by atoms with van der Waals surface area (Å²) in [7, 11) is 0. The second-order valence-corrected chi connectivity index (χ2v) is 36.4. The number of aromatic amines is 4. The van der Waals surface area contributed by atoms with E-state index in [1.54, 1.807) is 130 Å². The molecule has 4 aliphatic carbocycles. The van der Waals surface area contributed by atoms with Gasteiger partial charge in [-0.1, -0.05) is 86.6 Å². The third kappa shape index (κ3) is 23.3. The summed E-state index contributed by atoms with van der Waals surface area (Å²) in [5, 5.41) is 76.0. The molecule has 12 aromatic heterocycles. The Kier molecular flexibility index (Phi) is 29.6. The summed E-state index contributed by atoms with van der Waals surface area (Å²) in [6.07, 6.45) is 21.6. The third-order valence-corrected chi connectivity index (χ3v) is 24.3. The normalized spacial score (nSPS) is 14.2. The Balaban J connectivity index is 0.000000133. The van der Waals surface area contributed by atoms with Crippen molar-refractivity contribution >= 4 is 207 Å². The van der Waals surface area contributed by atoms with Gasteiger partial charge in [-0.2, -0.15) is 49.0 Å². The molecule has 0 amide bonds. The third-order valence-electron chi connectivity index (χ3n) is 23.2. The number of hydrogen-bond acceptors (Lipinski definition) is 32. The Morgan fingerprint density at radius 3 is 1.04 bits per heavy atom. The number of benzene rings is 4. The van der Waals surface area contributed by atoms with Crippen molar-refractivity contribution in [1.82, 2.24) is 96.6 Å². The molecule has 20 rings (SSSR count). The number of aliphatic hydroxyl groups is 1. The average Bonchev–Trinajstić information content (AvgIpc) is 1.63. The number of nitriles is 2. The minimum absolute atomic E-state index is 0.110. The van der Waals surface area contributed by atoms with Crippen LogP contribution in [0.4, 0.5) is 78.1 Å². The molecular formula is C96H93Cl4F2N33O11. The lowest BCUT2D eigenvalue weighted by Gasteiger charge is -2.14. The van der Waals surface area contributed by atoms with Gasteiger partial charge in [0, 0.05) is 80.7 Å². The summed E-state index contributed by atoms with van der Waals surface area (Å²) in [6, 6.07) is 29.4. The van der Waals surface area contributed by atoms with Crippen molar-refractivity contribution in [3.05, 3.63) is 272 Å². The Labute approximate surface area is 842 Å². The minimum Gasteiger partial charge on any atom is -0.443 e. The van der Waals surface area contributed by atoms with Crippen LogP contribution in [0.2, 0.25) is 20.1 Å². The first kappa shape index (κ1) is 101. The smallest absolute Gasteiger partial charge is 0.329 e. The molecular weight excluding hydrogens is 1970 g/mol. The number of nitrogens with zero attached hydrogens (tertiary/aromatic N) is 18. The van der Waals surface area contributed by atoms with Gasteiger partial charge in [0.1, 0.15) is 77.0 Å². The summed E-state index contributed by atoms with van der Waals surface area (Å²) in [5.74, 6) is 1.65. The molecule has 12 heterocycles. The van der Waals surface area contributed by atoms with Crippen LogP contribution >= 0.6 is 46.4 Å². The number of imidazole rings is 4. The molecule has 16 aromatic rings. The SMILES string of the molecule is C=c1/c(=C/c2cnn3c(NC4CC4)cc(Nc4cc(Cl)ccc4F)nc23)[nH]c(=O)n1COC(=O)C(N)C(C)C.C=c1/c(=C/c2cnn3c(NC4CC4)cc(Nc4cc(Cl)ccc4F)nc23)[nH]c(=O)n1COC(=O)CN.C=c1/c(=C/c2cnn3c(NC4CC4)cc(Nc4ccc(C#N)cc4Cl)nc23)[nH]c(=O)n1CO.C=c1/c(=C/c2cnn3c(NC4CC4)cc(Nc4ccc(C#N)cc4Cl)nc23)[nH]c(=O)n1COC(=O)C(C)N. The van der Waals surface area contributed by atoms with Crippen LogP contribution in [-0.2, 0) is 55.5 Å². The molecule has 0 saturated heterocycles. The van der Waals surface area contributed by atoms with E-state index in [-0.39, 0.29) is 44.0 Å². The molecule has 4 saturated carbocycles. The van der Waals surface area contributed by atoms with Crippen molar-refractivity contribution in [3.8, 4) is 12.1 Å². The number of esters is 3. The molecule has 0 radical (unpaired) electrons. The molecule has 44 nitrogen and oxygen atoms in total. The summed E-state index contributed by atoms with van der Waals surface area (Å²) >= 11 is 24.8. The predicted molar refractivity (Wildman–Crippen MR) is 546 cm³/mol. The minimum atomic E-state index is -0.811. The van der Waals surface area contributed by atoms with E-state index >= 15 is 0 Å². The van der Waals surface area contributed by atoms with Crippen LogP contribution in [0.3, 0.4) is 0 Å². The van der Waals surface area contributed by atoms with Crippen molar-refractivity contribution in [1.29, 1.82) is 10.5 Å². The highest BCUT2D eigenvalue weighted by Crippen LogP contribution is 2.36. The second-order valence-electron chi connectivity index (χ2n) is 34.7. The van der Waals surface area contributed by atoms with Crippen LogP contribution in [0.1, 0.15) is 106 Å². The van der Waals surface area contributed by atoms with E-state index in [1.165, 1.54) is 57.0 Å². The Morgan fingerprint density at radius 2 is 0.760 bits per heavy atom. The molecule has 19 N–H and O–H groups in total. The van der Waals surface area contributed by atoms with Gasteiger partial charge in [-0.15, -0.1) is 0 Å². The van der Waals surface area contributed by atoms with E-state index in [9.17, 15) is 47.4 Å². The number of fused-ring (bicyclic) bond motifs is 4. The van der Waals surface area contributed by atoms with Gasteiger partial charge in [-0.3, -0.25) is 32.7 Å². The van der Waals surface area contributed by atoms with Crippen molar-refractivity contribution in [2.75, 3.05) is 49.1 Å². The molecule has 4 aromatic carbocycles. The molecule has 0 aliphatic heterocycles. The molecule has 2 unspecified atom stereocenters. The van der Waals surface area contributed by atoms with Crippen LogP contribution in [0.25, 0.3) is 73.2 Å². The Morgan fingerprint density at radius 1 is 0.459 bits per heavy atom. The maximum Gasteiger partial charge on any atom is 0.329 e. The zero-order chi connectivity index (χ0) is 103. The Hall–Kier alpha value is -17.0. The van der Waals surface area contributed by atoms with Gasteiger partial charge in [0.05, 0.1) is 130 Å². The first-order chi connectivity index (χ1) is 70.1. The number of halogens is 6. The predicted octanol–water partition coefficient (Wildman–Crippen LogP) is 5.48. The number of carbonyl (C=O) groups is 3. The highest BCUT2D eigenvalue weighted by molar-refractivity contribution is 6.34. The zero-order valence-corrected chi connectivity index (χ0v) is 81.0. The van der Waals surface area contributed by atoms with Gasteiger partial charge in [-0.25, -0.2) is 47.9 Å². The number of aromatic nitrogens is 20. The molecule has 750 valence electrons. The van der Waals surface area contributed by atoms with Crippen molar-refractivity contribution < 1.29 is 42.5 Å². The molecule has 50 heteroatoms. The summed E-state index contributed by atoms with van der Waals surface area (Å²) in [4.78, 5) is 114. The largest absolute Gasteiger partial charge is 0.443 e. The van der Waals surface area contributed by atoms with E-state index < -0.39 is 71.1 Å². The van der Waals surface area contributed by atoms with Gasteiger partial charge in [0.15, 0.2) is 42.8 Å². The van der Waals surface area contributed by atoms with Crippen LogP contribution < -0.4 is 125 Å². The molecule has 0 spiro atoms. The highest BCUT2D eigenvalue weighted by atomic mass is 35.5. The number of nitrogens with two attached hydrogens (primary N) is 3. The van der Waals surface area contributed by atoms with Gasteiger partial charge in [0.25, 0.3) is 0 Å². The number of carbonyl (C=O) groups excluding carboxylic acids is 3. The van der Waals surface area contributed by atoms with Gasteiger partial charge < -0.3 is 99.0 Å². The van der Waals surface area contributed by atoms with Crippen molar-refractivity contribution in [2.24, 2.45) is 23.1 Å². The lowest BCUT2D eigenvalue weighted by molar-refractivity contribution is -0.150. The van der Waals surface area contributed by atoms with Crippen molar-refractivity contribution in [2.45, 2.75) is 135 Å². The quantitative estimate of drug-likeness (QED) is 0.0189. The monoisotopic (exact) mass is 2060 g/mol. The van der Waals surface area contributed by atoms with Crippen LogP contribution in [-0.4, -0.2) is 162 Å². The lowest BCUT2D eigenvalue weighted by atomic mass is 10.1. The second kappa shape index (κ2) is 43.1. The summed E-state index contributed by atoms with van der Waals surface area (Å²) < 4.78 is 55.3. The standard InChI is InChI=1S/C26H28ClFN8O3.C25H24ClN9O3.C23H22ClFN8O3.C22H19ClN8O2/c1-13(2)23(29)25(37)39-12-35-14(3)19(33-26(35)38)8-15-11-30-36-22(31-17-5-6-17)10-21(34-24(15)36)32-20-9-16(27)4-7-18(20)28;1-13(28)24(36)38-12-34-14(2)20(32-25(34)37)8-16-11-29-35-22(30-17-4-5-17)9-21(33-23(16)35)31-19-6-3-15(10-27)7-18(19)26;1-12-17(30-23(35)32(12)11-36-21(34)9-26)6-13-10-27-33-20(28-15-3-4-15)8-19(31-22(13)33)29-18-7-14(24)2-5-16(18)25;1-12-18(28-22(33)30(12)11-32)7-14-10-25-31-20(26-15-3-4-15)8-19(29-21(14)31)27-17-5-2-13(9-24)6-16(17)23/h4,7-11,13,17,23,31H,3,5-6,12,29H2,1-2H3,(H,32,34)(H,33,38);3,6-9,11,13,17,30H,2,4-5,12,28H2,1H3,(H,31,33)(H,32,37);2,5-8,10,15,28H,1,3-4,9,11,26H2,(H,29,31)(H,30,35);2,5-8,10,15,26,32H,1,3-4,11H2,(H,27,29)(H,28,33)/b19-8-;20-8-;17-6-;18-7-. The first-order valence-electron chi connectivity index (χ1n) is 45.4. The molecule has 2 atom stereocenters. The number of nitrogens with one attached hydrogen (secondary N) is 12. The van der Waals surface area contributed by atoms with E-state index in [1.807, 2.05) is 12.1 Å². The summed E-state index contributed by atoms with van der Waals surface area (Å²) in [6.45, 7) is 19.1. The fourth-order valence-electron chi connectivity index (χ4n) is 14.6. The maximum atomic E-state index is 14.4. The first-order valence-corrected chi connectivity index (χ1v) is 46.9. The molecule has 4 aliphatic rings. The van der Waals surface area contributed by atoms with Crippen LogP contribution in [0, 0.1) is 40.2 Å². The van der Waals surface area contributed by atoms with Gasteiger partial charge >= 0.3 is 40.7 Å². The molecule has 0 bridgehead atoms. The number of hydrogen-bond donors (Lipinski definition) is 16. The van der Waals surface area contributed by atoms with E-state index in [2.05, 4.69) is 131 Å². The topological polar surface area (TPSA) is 593 Å². The van der Waals surface area contributed by atoms with Crippen LogP contribution in [0.5, 0.6) is 0 Å². The van der Waals surface area contributed by atoms with Crippen molar-refractivity contribution in [3.63, 3.8) is 0 Å².